The lowest BCUT2D eigenvalue weighted by molar-refractivity contribution is -0.139. The molecule has 0 spiro atoms. The Morgan fingerprint density at radius 2 is 2.00 bits per heavy atom. The van der Waals surface area contributed by atoms with Gasteiger partial charge in [-0.05, 0) is 92.2 Å². The van der Waals surface area contributed by atoms with Crippen LogP contribution in [0.15, 0.2) is 30.5 Å². The van der Waals surface area contributed by atoms with Crippen LogP contribution in [0, 0.1) is 41.4 Å². The Morgan fingerprint density at radius 3 is 2.79 bits per heavy atom. The van der Waals surface area contributed by atoms with E-state index < -0.39 is 0 Å². The van der Waals surface area contributed by atoms with E-state index in [1.165, 1.54) is 25.7 Å². The number of hydrogen-bond donors (Lipinski definition) is 1. The van der Waals surface area contributed by atoms with Crippen LogP contribution in [0.2, 0.25) is 0 Å². The van der Waals surface area contributed by atoms with Gasteiger partial charge < -0.3 is 10.2 Å². The molecule has 3 fully saturated rings. The minimum atomic E-state index is 0.0862. The zero-order chi connectivity index (χ0) is 23.4. The third-order valence-corrected chi connectivity index (χ3v) is 10.3. The molecule has 1 aromatic rings. The molecule has 178 valence electrons. The van der Waals surface area contributed by atoms with Gasteiger partial charge in [0.25, 0.3) is 0 Å². The molecule has 1 N–H and O–H groups in total. The highest BCUT2D eigenvalue weighted by Crippen LogP contribution is 2.65. The second-order valence-electron chi connectivity index (χ2n) is 11.7. The molecule has 0 aromatic carbocycles. The molecule has 0 saturated heterocycles. The van der Waals surface area contributed by atoms with Crippen molar-refractivity contribution < 1.29 is 9.59 Å². The van der Waals surface area contributed by atoms with Crippen molar-refractivity contribution >= 4 is 11.8 Å². The van der Waals surface area contributed by atoms with Gasteiger partial charge in [-0.2, -0.15) is 0 Å². The summed E-state index contributed by atoms with van der Waals surface area (Å²) in [5.74, 6) is 2.83. The number of fused-ring (bicyclic) bond motifs is 5. The van der Waals surface area contributed by atoms with E-state index in [0.29, 0.717) is 42.7 Å². The zero-order valence-corrected chi connectivity index (χ0v) is 20.6. The van der Waals surface area contributed by atoms with E-state index in [1.807, 2.05) is 37.1 Å². The Hall–Kier alpha value is -2.17. The number of likely N-dealkylation sites (N-methyl/N-ethyl adjacent to an activating group) is 1. The molecule has 3 aliphatic carbocycles. The number of carbonyl (C=O) groups is 2. The molecule has 3 saturated carbocycles. The zero-order valence-electron chi connectivity index (χ0n) is 20.6. The molecule has 1 aromatic heterocycles. The van der Waals surface area contributed by atoms with Crippen molar-refractivity contribution in [2.75, 3.05) is 7.05 Å². The van der Waals surface area contributed by atoms with Crippen LogP contribution in [0.3, 0.4) is 0 Å². The number of rotatable bonds is 4. The number of carbonyl (C=O) groups excluding carboxylic acids is 2. The summed E-state index contributed by atoms with van der Waals surface area (Å²) < 4.78 is 0. The monoisotopic (exact) mass is 449 g/mol. The summed E-state index contributed by atoms with van der Waals surface area (Å²) in [6.07, 6.45) is 13.6. The van der Waals surface area contributed by atoms with Crippen LogP contribution in [0.25, 0.3) is 0 Å². The van der Waals surface area contributed by atoms with Gasteiger partial charge in [-0.25, -0.2) is 0 Å². The van der Waals surface area contributed by atoms with Gasteiger partial charge >= 0.3 is 0 Å². The van der Waals surface area contributed by atoms with E-state index in [4.69, 9.17) is 0 Å². The van der Waals surface area contributed by atoms with Crippen molar-refractivity contribution in [3.8, 4) is 0 Å². The Bertz CT molecular complexity index is 974. The summed E-state index contributed by atoms with van der Waals surface area (Å²) in [7, 11) is 1.98. The fraction of sp³-hybridized carbons (Fsp3) is 0.679. The quantitative estimate of drug-likeness (QED) is 0.728. The van der Waals surface area contributed by atoms with E-state index >= 15 is 0 Å². The molecule has 0 radical (unpaired) electrons. The summed E-state index contributed by atoms with van der Waals surface area (Å²) in [5.41, 5.74) is 2.42. The molecule has 4 aliphatic rings. The Morgan fingerprint density at radius 1 is 1.18 bits per heavy atom. The number of nitrogens with zero attached hydrogens (tertiary/aromatic N) is 2. The molecule has 5 heteroatoms. The fourth-order valence-corrected chi connectivity index (χ4v) is 8.36. The van der Waals surface area contributed by atoms with E-state index in [2.05, 4.69) is 30.2 Å². The van der Waals surface area contributed by atoms with Gasteiger partial charge in [0.05, 0.1) is 12.2 Å². The molecule has 5 nitrogen and oxygen atoms in total. The number of aryl methyl sites for hydroxylation is 1. The lowest BCUT2D eigenvalue weighted by Crippen LogP contribution is -2.59. The SMILES string of the molecule is Cc1cccnc1CNC(=O)C[C@H]1CC[C@H]2[C@@H]3CC[C@H]4N(C)C(=O)C=C[C@]4(C)[C@H]3CC[C@]12C. The first-order valence-corrected chi connectivity index (χ1v) is 12.9. The average molecular weight is 450 g/mol. The number of aromatic nitrogens is 1. The maximum Gasteiger partial charge on any atom is 0.246 e. The summed E-state index contributed by atoms with van der Waals surface area (Å²) in [6, 6.07) is 4.31. The molecule has 5 rings (SSSR count). The number of hydrogen-bond acceptors (Lipinski definition) is 3. The molecular weight excluding hydrogens is 410 g/mol. The number of nitrogens with one attached hydrogen (secondary N) is 1. The van der Waals surface area contributed by atoms with Crippen molar-refractivity contribution in [1.82, 2.24) is 15.2 Å². The molecule has 0 unspecified atom stereocenters. The molecule has 2 heterocycles. The molecular formula is C28H39N3O2. The lowest BCUT2D eigenvalue weighted by Gasteiger charge is -2.60. The van der Waals surface area contributed by atoms with Crippen LogP contribution in [-0.4, -0.2) is 34.8 Å². The van der Waals surface area contributed by atoms with Crippen molar-refractivity contribution in [1.29, 1.82) is 0 Å². The van der Waals surface area contributed by atoms with Gasteiger partial charge in [0.15, 0.2) is 0 Å². The van der Waals surface area contributed by atoms with Crippen LogP contribution in [-0.2, 0) is 16.1 Å². The van der Waals surface area contributed by atoms with Gasteiger partial charge in [-0.3, -0.25) is 14.6 Å². The molecule has 2 amide bonds. The maximum absolute atomic E-state index is 12.9. The summed E-state index contributed by atoms with van der Waals surface area (Å²) in [6.45, 7) is 7.43. The second-order valence-corrected chi connectivity index (χ2v) is 11.7. The van der Waals surface area contributed by atoms with Crippen molar-refractivity contribution in [3.63, 3.8) is 0 Å². The van der Waals surface area contributed by atoms with Crippen LogP contribution in [0.4, 0.5) is 0 Å². The molecule has 7 atom stereocenters. The van der Waals surface area contributed by atoms with E-state index in [9.17, 15) is 9.59 Å². The largest absolute Gasteiger partial charge is 0.350 e. The molecule has 33 heavy (non-hydrogen) atoms. The van der Waals surface area contributed by atoms with Crippen LogP contribution in [0.1, 0.15) is 70.1 Å². The van der Waals surface area contributed by atoms with Crippen LogP contribution in [0.5, 0.6) is 0 Å². The Kier molecular flexibility index (Phi) is 5.65. The smallest absolute Gasteiger partial charge is 0.246 e. The van der Waals surface area contributed by atoms with Crippen LogP contribution < -0.4 is 5.32 Å². The lowest BCUT2D eigenvalue weighted by atomic mass is 9.47. The first-order valence-electron chi connectivity index (χ1n) is 12.9. The highest BCUT2D eigenvalue weighted by atomic mass is 16.2. The predicted molar refractivity (Wildman–Crippen MR) is 129 cm³/mol. The normalized spacial score (nSPS) is 39.6. The Labute approximate surface area is 198 Å². The highest BCUT2D eigenvalue weighted by Gasteiger charge is 2.60. The minimum absolute atomic E-state index is 0.0862. The number of pyridine rings is 1. The van der Waals surface area contributed by atoms with E-state index in [0.717, 1.165) is 24.1 Å². The van der Waals surface area contributed by atoms with E-state index in [1.54, 1.807) is 6.20 Å². The van der Waals surface area contributed by atoms with Gasteiger partial charge in [0, 0.05) is 31.1 Å². The van der Waals surface area contributed by atoms with Crippen molar-refractivity contribution in [2.24, 2.45) is 34.5 Å². The first-order chi connectivity index (χ1) is 15.7. The topological polar surface area (TPSA) is 62.3 Å². The fourth-order valence-electron chi connectivity index (χ4n) is 8.36. The first kappa shape index (κ1) is 22.6. The summed E-state index contributed by atoms with van der Waals surface area (Å²) in [4.78, 5) is 31.6. The third kappa shape index (κ3) is 3.63. The minimum Gasteiger partial charge on any atom is -0.350 e. The predicted octanol–water partition coefficient (Wildman–Crippen LogP) is 4.65. The van der Waals surface area contributed by atoms with Gasteiger partial charge in [0.2, 0.25) is 11.8 Å². The molecule has 1 aliphatic heterocycles. The van der Waals surface area contributed by atoms with Gasteiger partial charge in [0.1, 0.15) is 0 Å². The van der Waals surface area contributed by atoms with E-state index in [-0.39, 0.29) is 22.6 Å². The Balaban J connectivity index is 1.27. The second kappa shape index (κ2) is 8.25. The van der Waals surface area contributed by atoms with Crippen molar-refractivity contribution in [3.05, 3.63) is 41.7 Å². The summed E-state index contributed by atoms with van der Waals surface area (Å²) >= 11 is 0. The number of amides is 2. The third-order valence-electron chi connectivity index (χ3n) is 10.3. The van der Waals surface area contributed by atoms with Gasteiger partial charge in [-0.1, -0.05) is 26.0 Å². The maximum atomic E-state index is 12.9. The standard InChI is InChI=1S/C28H39N3O2/c1-18-6-5-15-29-23(18)17-30-25(32)16-19-7-9-21-20-8-10-24-28(3,14-12-26(33)31(24)4)22(20)11-13-27(19,21)2/h5-6,12,14-15,19-22,24H,7-11,13,16-17H2,1-4H3,(H,30,32)/t19-,20+,21+,22+,24-,27-,28-/m1/s1. The molecule has 0 bridgehead atoms. The highest BCUT2D eigenvalue weighted by molar-refractivity contribution is 5.89. The average Bonchev–Trinajstić information content (AvgIpc) is 3.12. The van der Waals surface area contributed by atoms with Crippen LogP contribution >= 0.6 is 0 Å². The summed E-state index contributed by atoms with van der Waals surface area (Å²) in [5, 5.41) is 3.14. The van der Waals surface area contributed by atoms with Gasteiger partial charge in [-0.15, -0.1) is 0 Å². The van der Waals surface area contributed by atoms with Crippen molar-refractivity contribution in [2.45, 2.75) is 78.3 Å².